The van der Waals surface area contributed by atoms with Gasteiger partial charge in [0.05, 0.1) is 6.54 Å². The van der Waals surface area contributed by atoms with E-state index in [1.54, 1.807) is 7.05 Å². The lowest BCUT2D eigenvalue weighted by Crippen LogP contribution is -2.23. The molecule has 0 aliphatic rings. The number of hydrogen-bond donors (Lipinski definition) is 3. The van der Waals surface area contributed by atoms with Crippen molar-refractivity contribution in [1.29, 1.82) is 0 Å². The Hall–Kier alpha value is -2.57. The van der Waals surface area contributed by atoms with Gasteiger partial charge in [0.15, 0.2) is 17.3 Å². The Morgan fingerprint density at radius 1 is 1.39 bits per heavy atom. The maximum absolute atomic E-state index is 11.7. The summed E-state index contributed by atoms with van der Waals surface area (Å²) in [6.45, 7) is 0.196. The summed E-state index contributed by atoms with van der Waals surface area (Å²) in [6.07, 6.45) is 1.54. The zero-order chi connectivity index (χ0) is 13.1. The quantitative estimate of drug-likeness (QED) is 0.672. The highest BCUT2D eigenvalue weighted by molar-refractivity contribution is 5.94. The Morgan fingerprint density at radius 3 is 2.78 bits per heavy atom. The van der Waals surface area contributed by atoms with Gasteiger partial charge in [-0.3, -0.25) is 9.48 Å². The summed E-state index contributed by atoms with van der Waals surface area (Å²) < 4.78 is 1.54. The van der Waals surface area contributed by atoms with Crippen LogP contribution in [0.2, 0.25) is 0 Å². The number of aryl methyl sites for hydroxylation is 1. The highest BCUT2D eigenvalue weighted by Crippen LogP contribution is 2.24. The van der Waals surface area contributed by atoms with Gasteiger partial charge in [0.2, 0.25) is 0 Å². The number of phenolic OH excluding ortho intramolecular Hbond substituents is 2. The summed E-state index contributed by atoms with van der Waals surface area (Å²) >= 11 is 0. The predicted molar refractivity (Wildman–Crippen MR) is 61.9 cm³/mol. The van der Waals surface area contributed by atoms with Gasteiger partial charge in [0.1, 0.15) is 6.33 Å². The second-order valence-electron chi connectivity index (χ2n) is 3.72. The minimum Gasteiger partial charge on any atom is -0.504 e. The van der Waals surface area contributed by atoms with Gasteiger partial charge in [-0.2, -0.15) is 5.10 Å². The van der Waals surface area contributed by atoms with E-state index < -0.39 is 0 Å². The van der Waals surface area contributed by atoms with Gasteiger partial charge >= 0.3 is 0 Å². The fourth-order valence-corrected chi connectivity index (χ4v) is 1.39. The molecule has 18 heavy (non-hydrogen) atoms. The number of carbonyl (C=O) groups is 1. The third-order valence-electron chi connectivity index (χ3n) is 2.29. The van der Waals surface area contributed by atoms with Gasteiger partial charge in [-0.05, 0) is 18.2 Å². The number of aromatic hydroxyl groups is 2. The van der Waals surface area contributed by atoms with Crippen molar-refractivity contribution in [3.63, 3.8) is 0 Å². The van der Waals surface area contributed by atoms with E-state index in [0.717, 1.165) is 0 Å². The molecule has 0 saturated heterocycles. The van der Waals surface area contributed by atoms with Crippen LogP contribution in [0.25, 0.3) is 0 Å². The van der Waals surface area contributed by atoms with Crippen LogP contribution in [0, 0.1) is 0 Å². The van der Waals surface area contributed by atoms with Crippen LogP contribution in [0.4, 0.5) is 0 Å². The first-order chi connectivity index (χ1) is 8.56. The maximum atomic E-state index is 11.7. The van der Waals surface area contributed by atoms with Crippen molar-refractivity contribution in [2.45, 2.75) is 6.54 Å². The zero-order valence-corrected chi connectivity index (χ0v) is 9.66. The third-order valence-corrected chi connectivity index (χ3v) is 2.29. The number of aromatic nitrogens is 3. The molecule has 0 radical (unpaired) electrons. The van der Waals surface area contributed by atoms with Crippen molar-refractivity contribution in [1.82, 2.24) is 20.1 Å². The Morgan fingerprint density at radius 2 is 2.17 bits per heavy atom. The Kier molecular flexibility index (Phi) is 3.13. The summed E-state index contributed by atoms with van der Waals surface area (Å²) in [5.41, 5.74) is 0.251. The highest BCUT2D eigenvalue weighted by Gasteiger charge is 2.09. The Bertz CT molecular complexity index is 579. The van der Waals surface area contributed by atoms with E-state index in [2.05, 4.69) is 15.4 Å². The van der Waals surface area contributed by atoms with Gasteiger partial charge in [-0.15, -0.1) is 0 Å². The van der Waals surface area contributed by atoms with Crippen molar-refractivity contribution in [2.24, 2.45) is 7.05 Å². The SMILES string of the molecule is Cn1cnc(CNC(=O)c2ccc(O)c(O)c2)n1. The van der Waals surface area contributed by atoms with Crippen molar-refractivity contribution < 1.29 is 15.0 Å². The standard InChI is InChI=1S/C11H12N4O3/c1-15-6-13-10(14-15)5-12-11(18)7-2-3-8(16)9(17)4-7/h2-4,6,16-17H,5H2,1H3,(H,12,18). The molecule has 1 amide bonds. The first kappa shape index (κ1) is 11.9. The summed E-state index contributed by atoms with van der Waals surface area (Å²) in [6, 6.07) is 3.86. The molecule has 1 aromatic carbocycles. The molecule has 3 N–H and O–H groups in total. The van der Waals surface area contributed by atoms with E-state index in [9.17, 15) is 9.90 Å². The molecule has 0 atom stereocenters. The molecule has 0 spiro atoms. The Balaban J connectivity index is 2.01. The third kappa shape index (κ3) is 2.57. The van der Waals surface area contributed by atoms with Crippen molar-refractivity contribution >= 4 is 5.91 Å². The van der Waals surface area contributed by atoms with Gasteiger partial charge in [-0.25, -0.2) is 4.98 Å². The normalized spacial score (nSPS) is 10.3. The molecule has 1 heterocycles. The number of nitrogens with zero attached hydrogens (tertiary/aromatic N) is 3. The van der Waals surface area contributed by atoms with E-state index in [4.69, 9.17) is 5.11 Å². The Labute approximate surface area is 103 Å². The highest BCUT2D eigenvalue weighted by atomic mass is 16.3. The number of carbonyl (C=O) groups excluding carboxylic acids is 1. The number of hydrogen-bond acceptors (Lipinski definition) is 5. The van der Waals surface area contributed by atoms with Crippen LogP contribution in [0.1, 0.15) is 16.2 Å². The summed E-state index contributed by atoms with van der Waals surface area (Å²) in [4.78, 5) is 15.7. The molecule has 94 valence electrons. The number of phenols is 2. The molecule has 2 aromatic rings. The van der Waals surface area contributed by atoms with Crippen LogP contribution < -0.4 is 5.32 Å². The zero-order valence-electron chi connectivity index (χ0n) is 9.66. The number of nitrogens with one attached hydrogen (secondary N) is 1. The summed E-state index contributed by atoms with van der Waals surface area (Å²) in [5.74, 6) is -0.483. The molecule has 7 nitrogen and oxygen atoms in total. The van der Waals surface area contributed by atoms with Crippen LogP contribution in [-0.4, -0.2) is 30.9 Å². The van der Waals surface area contributed by atoms with Crippen molar-refractivity contribution in [3.8, 4) is 11.5 Å². The number of rotatable bonds is 3. The minimum atomic E-state index is -0.377. The van der Waals surface area contributed by atoms with Gasteiger partial charge in [-0.1, -0.05) is 0 Å². The lowest BCUT2D eigenvalue weighted by Gasteiger charge is -2.04. The van der Waals surface area contributed by atoms with Crippen LogP contribution in [0.5, 0.6) is 11.5 Å². The monoisotopic (exact) mass is 248 g/mol. The smallest absolute Gasteiger partial charge is 0.251 e. The largest absolute Gasteiger partial charge is 0.504 e. The maximum Gasteiger partial charge on any atom is 0.251 e. The number of benzene rings is 1. The first-order valence-corrected chi connectivity index (χ1v) is 5.21. The van der Waals surface area contributed by atoms with E-state index in [-0.39, 0.29) is 29.5 Å². The molecular formula is C11H12N4O3. The second kappa shape index (κ2) is 4.74. The average Bonchev–Trinajstić information content (AvgIpc) is 2.75. The molecule has 1 aromatic heterocycles. The number of amides is 1. The predicted octanol–water partition coefficient (Wildman–Crippen LogP) is 0.156. The average molecular weight is 248 g/mol. The molecule has 0 fully saturated rings. The van der Waals surface area contributed by atoms with Crippen LogP contribution in [0.15, 0.2) is 24.5 Å². The second-order valence-corrected chi connectivity index (χ2v) is 3.72. The fourth-order valence-electron chi connectivity index (χ4n) is 1.39. The molecule has 2 rings (SSSR count). The van der Waals surface area contributed by atoms with Gasteiger partial charge in [0, 0.05) is 12.6 Å². The lowest BCUT2D eigenvalue weighted by atomic mass is 10.2. The molecule has 0 aliphatic heterocycles. The van der Waals surface area contributed by atoms with Crippen LogP contribution in [0.3, 0.4) is 0 Å². The lowest BCUT2D eigenvalue weighted by molar-refractivity contribution is 0.0949. The van der Waals surface area contributed by atoms with E-state index in [1.807, 2.05) is 0 Å². The van der Waals surface area contributed by atoms with Crippen molar-refractivity contribution in [2.75, 3.05) is 0 Å². The van der Waals surface area contributed by atoms with Crippen LogP contribution in [-0.2, 0) is 13.6 Å². The molecule has 0 unspecified atom stereocenters. The van der Waals surface area contributed by atoms with Gasteiger partial charge < -0.3 is 15.5 Å². The van der Waals surface area contributed by atoms with Gasteiger partial charge in [0.25, 0.3) is 5.91 Å². The summed E-state index contributed by atoms with van der Waals surface area (Å²) in [5, 5.41) is 25.0. The summed E-state index contributed by atoms with van der Waals surface area (Å²) in [7, 11) is 1.73. The van der Waals surface area contributed by atoms with Crippen molar-refractivity contribution in [3.05, 3.63) is 35.9 Å². The molecule has 0 bridgehead atoms. The molecule has 7 heteroatoms. The van der Waals surface area contributed by atoms with E-state index in [1.165, 1.54) is 29.2 Å². The molecule has 0 saturated carbocycles. The minimum absolute atomic E-state index is 0.196. The van der Waals surface area contributed by atoms with E-state index in [0.29, 0.717) is 5.82 Å². The van der Waals surface area contributed by atoms with E-state index >= 15 is 0 Å². The molecular weight excluding hydrogens is 236 g/mol. The first-order valence-electron chi connectivity index (χ1n) is 5.21. The molecule has 0 aliphatic carbocycles. The topological polar surface area (TPSA) is 100 Å². The fraction of sp³-hybridized carbons (Fsp3) is 0.182. The van der Waals surface area contributed by atoms with Crippen LogP contribution >= 0.6 is 0 Å².